The maximum Gasteiger partial charge on any atom is 0.242 e. The van der Waals surface area contributed by atoms with Crippen LogP contribution in [0.25, 0.3) is 0 Å². The molecule has 6 nitrogen and oxygen atoms in total. The van der Waals surface area contributed by atoms with E-state index in [-0.39, 0.29) is 38.8 Å². The molecule has 0 spiro atoms. The number of carbonyl (C=O) groups is 2. The first-order valence-corrected chi connectivity index (χ1v) is 15.2. The average Bonchev–Trinajstić information content (AvgIpc) is 3.26. The van der Waals surface area contributed by atoms with E-state index in [9.17, 15) is 14.9 Å². The van der Waals surface area contributed by atoms with Crippen LogP contribution in [0.4, 0.5) is 14.5 Å². The minimum atomic E-state index is -1.70. The molecule has 1 unspecified atom stereocenters. The molecular formula is C36H40ClF2N3O3. The van der Waals surface area contributed by atoms with Crippen LogP contribution in [0, 0.1) is 40.7 Å². The summed E-state index contributed by atoms with van der Waals surface area (Å²) in [6.45, 7) is 13.1. The third kappa shape index (κ3) is 6.61. The van der Waals surface area contributed by atoms with Crippen molar-refractivity contribution in [1.29, 1.82) is 5.26 Å². The number of nitrogens with zero attached hydrogens (tertiary/aromatic N) is 1. The van der Waals surface area contributed by atoms with Crippen LogP contribution in [0.2, 0.25) is 5.02 Å². The highest BCUT2D eigenvalue weighted by molar-refractivity contribution is 6.30. The maximum atomic E-state index is 15.9. The second-order valence-electron chi connectivity index (χ2n) is 14.0. The zero-order chi connectivity index (χ0) is 33.5. The first-order chi connectivity index (χ1) is 20.9. The second kappa shape index (κ2) is 12.5. The molecule has 1 heterocycles. The van der Waals surface area contributed by atoms with E-state index in [2.05, 4.69) is 16.7 Å². The molecule has 1 saturated heterocycles. The molecular weight excluding hydrogens is 596 g/mol. The molecule has 3 aromatic carbocycles. The number of ketones is 1. The lowest BCUT2D eigenvalue weighted by atomic mass is 9.62. The molecule has 0 saturated carbocycles. The molecule has 1 fully saturated rings. The molecule has 238 valence electrons. The van der Waals surface area contributed by atoms with Crippen LogP contribution in [0.15, 0.2) is 54.6 Å². The van der Waals surface area contributed by atoms with Crippen LogP contribution in [0.1, 0.15) is 80.9 Å². The summed E-state index contributed by atoms with van der Waals surface area (Å²) in [5, 5.41) is 17.1. The maximum absolute atomic E-state index is 15.9. The molecule has 2 N–H and O–H groups in total. The SMILES string of the molecule is COc1cc(C(=O)C(C)(C)C)ccc1NC(=O)[C@@H]1N[C@@H](CC(C)(C)C)C(C#N)(c2ccc(C)cc2F)[C@H]1c1cccc(Cl)c1F. The van der Waals surface area contributed by atoms with Gasteiger partial charge in [0, 0.05) is 28.5 Å². The topological polar surface area (TPSA) is 91.2 Å². The summed E-state index contributed by atoms with van der Waals surface area (Å²) < 4.78 is 37.4. The number of benzene rings is 3. The number of halogens is 3. The molecule has 0 bridgehead atoms. The number of Topliss-reactive ketones (excluding diaryl/α,β-unsaturated/α-hetero) is 1. The Kier molecular flexibility index (Phi) is 9.49. The number of aryl methyl sites for hydroxylation is 1. The zero-order valence-electron chi connectivity index (χ0n) is 26.9. The van der Waals surface area contributed by atoms with E-state index < -0.39 is 46.4 Å². The van der Waals surface area contributed by atoms with Gasteiger partial charge in [-0.2, -0.15) is 5.26 Å². The number of anilines is 1. The molecule has 0 radical (unpaired) electrons. The molecule has 0 aliphatic carbocycles. The van der Waals surface area contributed by atoms with Crippen molar-refractivity contribution >= 4 is 29.0 Å². The van der Waals surface area contributed by atoms with Crippen LogP contribution in [0.5, 0.6) is 5.75 Å². The quantitative estimate of drug-likeness (QED) is 0.256. The van der Waals surface area contributed by atoms with Gasteiger partial charge in [0.25, 0.3) is 0 Å². The van der Waals surface area contributed by atoms with Gasteiger partial charge in [0.1, 0.15) is 22.8 Å². The van der Waals surface area contributed by atoms with Crippen molar-refractivity contribution in [3.63, 3.8) is 0 Å². The molecule has 0 aromatic heterocycles. The summed E-state index contributed by atoms with van der Waals surface area (Å²) in [5.41, 5.74) is -1.25. The second-order valence-corrected chi connectivity index (χ2v) is 14.4. The number of rotatable bonds is 7. The van der Waals surface area contributed by atoms with Gasteiger partial charge in [0.05, 0.1) is 29.9 Å². The van der Waals surface area contributed by atoms with Gasteiger partial charge in [-0.15, -0.1) is 0 Å². The summed E-state index contributed by atoms with van der Waals surface area (Å²) in [6, 6.07) is 14.2. The number of nitrogens with one attached hydrogen (secondary N) is 2. The van der Waals surface area contributed by atoms with Crippen LogP contribution in [-0.4, -0.2) is 30.9 Å². The van der Waals surface area contributed by atoms with Crippen molar-refractivity contribution < 1.29 is 23.1 Å². The molecule has 4 rings (SSSR count). The summed E-state index contributed by atoms with van der Waals surface area (Å²) in [7, 11) is 1.43. The monoisotopic (exact) mass is 635 g/mol. The number of hydrogen-bond acceptors (Lipinski definition) is 5. The van der Waals surface area contributed by atoms with Crippen molar-refractivity contribution in [2.45, 2.75) is 78.3 Å². The summed E-state index contributed by atoms with van der Waals surface area (Å²) in [4.78, 5) is 27.2. The van der Waals surface area contributed by atoms with Crippen molar-refractivity contribution in [3.8, 4) is 11.8 Å². The normalized spacial score (nSPS) is 21.7. The van der Waals surface area contributed by atoms with Gasteiger partial charge in [0.2, 0.25) is 5.91 Å². The van der Waals surface area contributed by atoms with Crippen LogP contribution in [0.3, 0.4) is 0 Å². The molecule has 3 aromatic rings. The lowest BCUT2D eigenvalue weighted by Gasteiger charge is -2.37. The van der Waals surface area contributed by atoms with E-state index in [1.165, 1.54) is 25.3 Å². The van der Waals surface area contributed by atoms with E-state index in [0.29, 0.717) is 17.5 Å². The van der Waals surface area contributed by atoms with Crippen molar-refractivity contribution in [2.24, 2.45) is 10.8 Å². The highest BCUT2D eigenvalue weighted by Crippen LogP contribution is 2.53. The van der Waals surface area contributed by atoms with Crippen molar-refractivity contribution in [3.05, 3.63) is 93.5 Å². The Morgan fingerprint density at radius 2 is 1.76 bits per heavy atom. The van der Waals surface area contributed by atoms with Crippen LogP contribution in [-0.2, 0) is 10.2 Å². The van der Waals surface area contributed by atoms with Crippen molar-refractivity contribution in [1.82, 2.24) is 5.32 Å². The first-order valence-electron chi connectivity index (χ1n) is 14.9. The largest absolute Gasteiger partial charge is 0.495 e. The number of carbonyl (C=O) groups excluding carboxylic acids is 2. The fourth-order valence-corrected chi connectivity index (χ4v) is 6.45. The average molecular weight is 636 g/mol. The van der Waals surface area contributed by atoms with E-state index in [1.54, 1.807) is 43.3 Å². The smallest absolute Gasteiger partial charge is 0.242 e. The van der Waals surface area contributed by atoms with Gasteiger partial charge in [-0.1, -0.05) is 77.4 Å². The Morgan fingerprint density at radius 3 is 2.33 bits per heavy atom. The standard InChI is InChI=1S/C36H40ClF2N3O3/c1-20-12-14-23(25(38)16-20)36(19-40)28(18-34(2,3)4)42-31(29(36)22-10-9-11-24(37)30(22)39)33(44)41-26-15-13-21(17-27(26)45-8)32(43)35(5,6)7/h9-17,28-29,31,42H,18H2,1-8H3,(H,41,44)/t28-,29-,31+,36?/m0/s1. The Morgan fingerprint density at radius 1 is 1.07 bits per heavy atom. The lowest BCUT2D eigenvalue weighted by Crippen LogP contribution is -2.45. The molecule has 9 heteroatoms. The fraction of sp³-hybridized carbons (Fsp3) is 0.417. The number of hydrogen-bond donors (Lipinski definition) is 2. The van der Waals surface area contributed by atoms with Gasteiger partial charge >= 0.3 is 0 Å². The Labute approximate surface area is 269 Å². The fourth-order valence-electron chi connectivity index (χ4n) is 6.27. The van der Waals surface area contributed by atoms with Gasteiger partial charge in [-0.25, -0.2) is 8.78 Å². The van der Waals surface area contributed by atoms with Gasteiger partial charge in [0.15, 0.2) is 5.78 Å². The highest BCUT2D eigenvalue weighted by atomic mass is 35.5. The minimum Gasteiger partial charge on any atom is -0.495 e. The Hall–Kier alpha value is -3.80. The Bertz CT molecular complexity index is 1670. The first kappa shape index (κ1) is 34.1. The van der Waals surface area contributed by atoms with Crippen LogP contribution >= 0.6 is 11.6 Å². The third-order valence-corrected chi connectivity index (χ3v) is 8.62. The van der Waals surface area contributed by atoms with Gasteiger partial charge in [-0.05, 0) is 60.2 Å². The number of ether oxygens (including phenoxy) is 1. The number of methoxy groups -OCH3 is 1. The molecule has 4 atom stereocenters. The molecule has 45 heavy (non-hydrogen) atoms. The predicted molar refractivity (Wildman–Crippen MR) is 173 cm³/mol. The zero-order valence-corrected chi connectivity index (χ0v) is 27.7. The predicted octanol–water partition coefficient (Wildman–Crippen LogP) is 8.12. The summed E-state index contributed by atoms with van der Waals surface area (Å²) in [5.74, 6) is -3.02. The number of nitriles is 1. The number of amides is 1. The summed E-state index contributed by atoms with van der Waals surface area (Å²) in [6.07, 6.45) is 0.364. The van der Waals surface area contributed by atoms with Gasteiger partial charge in [-0.3, -0.25) is 9.59 Å². The Balaban J connectivity index is 1.91. The molecule has 1 aliphatic rings. The third-order valence-electron chi connectivity index (χ3n) is 8.33. The van der Waals surface area contributed by atoms with E-state index in [1.807, 2.05) is 41.5 Å². The van der Waals surface area contributed by atoms with E-state index in [4.69, 9.17) is 16.3 Å². The molecule has 1 amide bonds. The van der Waals surface area contributed by atoms with E-state index in [0.717, 1.165) is 0 Å². The molecule has 1 aliphatic heterocycles. The van der Waals surface area contributed by atoms with Crippen molar-refractivity contribution in [2.75, 3.05) is 12.4 Å². The van der Waals surface area contributed by atoms with Crippen LogP contribution < -0.4 is 15.4 Å². The summed E-state index contributed by atoms with van der Waals surface area (Å²) >= 11 is 6.24. The van der Waals surface area contributed by atoms with Gasteiger partial charge < -0.3 is 15.4 Å². The minimum absolute atomic E-state index is 0.0196. The van der Waals surface area contributed by atoms with E-state index >= 15 is 8.78 Å². The highest BCUT2D eigenvalue weighted by Gasteiger charge is 2.61. The lowest BCUT2D eigenvalue weighted by molar-refractivity contribution is -0.118.